The van der Waals surface area contributed by atoms with Gasteiger partial charge >= 0.3 is 0 Å². The van der Waals surface area contributed by atoms with Crippen molar-refractivity contribution in [3.63, 3.8) is 0 Å². The lowest BCUT2D eigenvalue weighted by molar-refractivity contribution is -0.130. The fourth-order valence-electron chi connectivity index (χ4n) is 3.36. The van der Waals surface area contributed by atoms with Crippen molar-refractivity contribution in [2.75, 3.05) is 20.3 Å². The first-order chi connectivity index (χ1) is 12.8. The SMILES string of the molecule is COCCN1C(=O)C(O)=C(C(=O)c2sc(C)nc2C)C1c1cccc(C)c1. The number of aliphatic hydroxyl groups is 1. The smallest absolute Gasteiger partial charge is 0.290 e. The predicted molar refractivity (Wildman–Crippen MR) is 103 cm³/mol. The molecule has 1 unspecified atom stereocenters. The third-order valence-electron chi connectivity index (χ3n) is 4.55. The summed E-state index contributed by atoms with van der Waals surface area (Å²) >= 11 is 1.27. The summed E-state index contributed by atoms with van der Waals surface area (Å²) in [4.78, 5) is 32.2. The van der Waals surface area contributed by atoms with Crippen LogP contribution in [0.5, 0.6) is 0 Å². The zero-order valence-electron chi connectivity index (χ0n) is 15.8. The molecule has 0 aliphatic carbocycles. The van der Waals surface area contributed by atoms with Crippen LogP contribution in [0.3, 0.4) is 0 Å². The van der Waals surface area contributed by atoms with Gasteiger partial charge in [0.05, 0.1) is 33.8 Å². The Morgan fingerprint density at radius 2 is 2.07 bits per heavy atom. The van der Waals surface area contributed by atoms with Crippen LogP contribution in [0.1, 0.15) is 37.5 Å². The van der Waals surface area contributed by atoms with Crippen molar-refractivity contribution in [1.82, 2.24) is 9.88 Å². The lowest BCUT2D eigenvalue weighted by Gasteiger charge is -2.26. The van der Waals surface area contributed by atoms with Crippen LogP contribution < -0.4 is 0 Å². The summed E-state index contributed by atoms with van der Waals surface area (Å²) in [6.07, 6.45) is 0. The van der Waals surface area contributed by atoms with E-state index in [9.17, 15) is 14.7 Å². The number of carbonyl (C=O) groups is 2. The molecule has 7 heteroatoms. The van der Waals surface area contributed by atoms with Crippen LogP contribution in [0, 0.1) is 20.8 Å². The number of ketones is 1. The van der Waals surface area contributed by atoms with Crippen LogP contribution in [0.4, 0.5) is 0 Å². The zero-order valence-corrected chi connectivity index (χ0v) is 16.6. The highest BCUT2D eigenvalue weighted by atomic mass is 32.1. The van der Waals surface area contributed by atoms with Gasteiger partial charge in [0.1, 0.15) is 0 Å². The molecule has 1 aromatic heterocycles. The van der Waals surface area contributed by atoms with Gasteiger partial charge in [-0.15, -0.1) is 11.3 Å². The van der Waals surface area contributed by atoms with Crippen LogP contribution in [0.25, 0.3) is 0 Å². The van der Waals surface area contributed by atoms with E-state index >= 15 is 0 Å². The molecular weight excluding hydrogens is 364 g/mol. The standard InChI is InChI=1S/C20H22N2O4S/c1-11-6-5-7-14(10-11)16-15(17(23)19-12(2)21-13(3)27-19)18(24)20(25)22(16)8-9-26-4/h5-7,10,16,24H,8-9H2,1-4H3. The molecule has 0 saturated heterocycles. The third-order valence-corrected chi connectivity index (χ3v) is 5.62. The third kappa shape index (κ3) is 3.52. The molecule has 1 aromatic carbocycles. The minimum absolute atomic E-state index is 0.105. The molecule has 0 fully saturated rings. The van der Waals surface area contributed by atoms with Crippen LogP contribution in [0.2, 0.25) is 0 Å². The van der Waals surface area contributed by atoms with E-state index in [1.165, 1.54) is 16.2 Å². The Morgan fingerprint density at radius 3 is 2.67 bits per heavy atom. The largest absolute Gasteiger partial charge is 0.503 e. The summed E-state index contributed by atoms with van der Waals surface area (Å²) in [7, 11) is 1.55. The van der Waals surface area contributed by atoms with Gasteiger partial charge in [-0.2, -0.15) is 0 Å². The summed E-state index contributed by atoms with van der Waals surface area (Å²) in [5.41, 5.74) is 2.50. The van der Waals surface area contributed by atoms with Gasteiger partial charge in [-0.3, -0.25) is 9.59 Å². The second-order valence-corrected chi connectivity index (χ2v) is 7.75. The lowest BCUT2D eigenvalue weighted by Crippen LogP contribution is -2.34. The van der Waals surface area contributed by atoms with Gasteiger partial charge in [0.15, 0.2) is 5.76 Å². The molecule has 2 heterocycles. The summed E-state index contributed by atoms with van der Waals surface area (Å²) in [6, 6.07) is 6.96. The maximum absolute atomic E-state index is 13.3. The van der Waals surface area contributed by atoms with Crippen molar-refractivity contribution in [2.24, 2.45) is 0 Å². The molecule has 0 saturated carbocycles. The molecule has 1 aliphatic rings. The molecule has 3 rings (SSSR count). The van der Waals surface area contributed by atoms with Crippen molar-refractivity contribution in [3.05, 3.63) is 62.3 Å². The highest BCUT2D eigenvalue weighted by Gasteiger charge is 2.44. The highest BCUT2D eigenvalue weighted by Crippen LogP contribution is 2.40. The number of Topliss-reactive ketones (excluding diaryl/α,β-unsaturated/α-hetero) is 1. The number of amides is 1. The summed E-state index contributed by atoms with van der Waals surface area (Å²) in [5.74, 6) is -1.40. The Labute approximate surface area is 162 Å². The fourth-order valence-corrected chi connectivity index (χ4v) is 4.23. The Morgan fingerprint density at radius 1 is 1.33 bits per heavy atom. The average Bonchev–Trinajstić information content (AvgIpc) is 3.09. The number of benzene rings is 1. The van der Waals surface area contributed by atoms with Gasteiger partial charge in [0, 0.05) is 13.7 Å². The number of nitrogens with zero attached hydrogens (tertiary/aromatic N) is 2. The second-order valence-electron chi connectivity index (χ2n) is 6.55. The van der Waals surface area contributed by atoms with Crippen molar-refractivity contribution < 1.29 is 19.4 Å². The molecule has 27 heavy (non-hydrogen) atoms. The number of methoxy groups -OCH3 is 1. The predicted octanol–water partition coefficient (Wildman–Crippen LogP) is 3.29. The van der Waals surface area contributed by atoms with E-state index < -0.39 is 17.7 Å². The lowest BCUT2D eigenvalue weighted by atomic mass is 9.94. The maximum atomic E-state index is 13.3. The van der Waals surface area contributed by atoms with E-state index in [-0.39, 0.29) is 17.9 Å². The van der Waals surface area contributed by atoms with E-state index in [4.69, 9.17) is 4.74 Å². The van der Waals surface area contributed by atoms with Crippen molar-refractivity contribution in [2.45, 2.75) is 26.8 Å². The summed E-state index contributed by atoms with van der Waals surface area (Å²) in [6.45, 7) is 6.11. The topological polar surface area (TPSA) is 79.7 Å². The number of ether oxygens (including phenoxy) is 1. The average molecular weight is 386 g/mol. The first-order valence-electron chi connectivity index (χ1n) is 8.63. The maximum Gasteiger partial charge on any atom is 0.290 e. The van der Waals surface area contributed by atoms with Gasteiger partial charge in [-0.25, -0.2) is 4.98 Å². The Hall–Kier alpha value is -2.51. The Balaban J connectivity index is 2.11. The van der Waals surface area contributed by atoms with E-state index in [0.717, 1.165) is 16.1 Å². The number of thiazole rings is 1. The van der Waals surface area contributed by atoms with Crippen LogP contribution in [0.15, 0.2) is 35.6 Å². The van der Waals surface area contributed by atoms with E-state index in [1.807, 2.05) is 38.1 Å². The normalized spacial score (nSPS) is 17.1. The quantitative estimate of drug-likeness (QED) is 0.771. The number of hydrogen-bond donors (Lipinski definition) is 1. The molecule has 1 amide bonds. The number of rotatable bonds is 6. The number of aliphatic hydroxyl groups excluding tert-OH is 1. The molecule has 1 aliphatic heterocycles. The molecule has 2 aromatic rings. The summed E-state index contributed by atoms with van der Waals surface area (Å²) in [5, 5.41) is 11.3. The van der Waals surface area contributed by atoms with E-state index in [0.29, 0.717) is 17.2 Å². The minimum atomic E-state index is -0.651. The van der Waals surface area contributed by atoms with Crippen molar-refractivity contribution in [3.8, 4) is 0 Å². The fraction of sp³-hybridized carbons (Fsp3) is 0.350. The van der Waals surface area contributed by atoms with Gasteiger partial charge < -0.3 is 14.7 Å². The van der Waals surface area contributed by atoms with Gasteiger partial charge in [0.2, 0.25) is 5.78 Å². The van der Waals surface area contributed by atoms with Gasteiger partial charge in [-0.05, 0) is 26.3 Å². The Bertz CT molecular complexity index is 932. The summed E-state index contributed by atoms with van der Waals surface area (Å²) < 4.78 is 5.11. The van der Waals surface area contributed by atoms with Crippen LogP contribution in [-0.2, 0) is 9.53 Å². The minimum Gasteiger partial charge on any atom is -0.503 e. The van der Waals surface area contributed by atoms with Crippen molar-refractivity contribution in [1.29, 1.82) is 0 Å². The second kappa shape index (κ2) is 7.62. The number of hydrogen-bond acceptors (Lipinski definition) is 6. The molecule has 0 bridgehead atoms. The number of aromatic nitrogens is 1. The van der Waals surface area contributed by atoms with Crippen LogP contribution >= 0.6 is 11.3 Å². The highest BCUT2D eigenvalue weighted by molar-refractivity contribution is 7.14. The molecule has 6 nitrogen and oxygen atoms in total. The molecular formula is C20H22N2O4S. The molecule has 0 radical (unpaired) electrons. The van der Waals surface area contributed by atoms with E-state index in [2.05, 4.69) is 4.98 Å². The first-order valence-corrected chi connectivity index (χ1v) is 9.45. The van der Waals surface area contributed by atoms with Gasteiger partial charge in [-0.1, -0.05) is 29.8 Å². The molecule has 1 atom stereocenters. The molecule has 1 N–H and O–H groups in total. The molecule has 142 valence electrons. The van der Waals surface area contributed by atoms with Crippen molar-refractivity contribution >= 4 is 23.0 Å². The molecule has 0 spiro atoms. The van der Waals surface area contributed by atoms with Gasteiger partial charge in [0.25, 0.3) is 5.91 Å². The van der Waals surface area contributed by atoms with Crippen LogP contribution in [-0.4, -0.2) is 46.9 Å². The zero-order chi connectivity index (χ0) is 19.7. The number of aryl methyl sites for hydroxylation is 3. The number of carbonyl (C=O) groups excluding carboxylic acids is 2. The van der Waals surface area contributed by atoms with E-state index in [1.54, 1.807) is 14.0 Å². The first kappa shape index (κ1) is 19.3. The Kier molecular flexibility index (Phi) is 5.43. The monoisotopic (exact) mass is 386 g/mol.